The summed E-state index contributed by atoms with van der Waals surface area (Å²) in [4.78, 5) is 32.7. The molecule has 0 atom stereocenters. The van der Waals surface area contributed by atoms with Crippen molar-refractivity contribution >= 4 is 29.0 Å². The SMILES string of the molecule is CCOC(=O)C(=O)Cc1c(Cl)cccc1[N+](=O)[O-]. The lowest BCUT2D eigenvalue weighted by Crippen LogP contribution is -2.20. The standard InChI is InChI=1S/C11H10ClNO5/c1-2-18-11(15)10(14)6-7-8(12)4-3-5-9(7)13(16)17/h3-5H,2,6H2,1H3. The van der Waals surface area contributed by atoms with E-state index in [0.29, 0.717) is 0 Å². The lowest BCUT2D eigenvalue weighted by molar-refractivity contribution is -0.385. The van der Waals surface area contributed by atoms with Gasteiger partial charge >= 0.3 is 5.97 Å². The summed E-state index contributed by atoms with van der Waals surface area (Å²) in [6, 6.07) is 4.04. The molecule has 0 heterocycles. The number of nitro groups is 1. The van der Waals surface area contributed by atoms with Crippen molar-refractivity contribution in [2.45, 2.75) is 13.3 Å². The molecule has 96 valence electrons. The fourth-order valence-electron chi connectivity index (χ4n) is 1.34. The van der Waals surface area contributed by atoms with Gasteiger partial charge in [0.25, 0.3) is 5.69 Å². The number of benzene rings is 1. The molecule has 0 bridgehead atoms. The van der Waals surface area contributed by atoms with Crippen molar-refractivity contribution in [1.82, 2.24) is 0 Å². The number of carbonyl (C=O) groups is 2. The van der Waals surface area contributed by atoms with E-state index in [4.69, 9.17) is 11.6 Å². The number of ketones is 1. The molecule has 0 spiro atoms. The van der Waals surface area contributed by atoms with E-state index in [1.165, 1.54) is 18.2 Å². The summed E-state index contributed by atoms with van der Waals surface area (Å²) in [6.45, 7) is 1.62. The van der Waals surface area contributed by atoms with Crippen molar-refractivity contribution in [2.75, 3.05) is 6.61 Å². The monoisotopic (exact) mass is 271 g/mol. The van der Waals surface area contributed by atoms with Crippen molar-refractivity contribution in [3.63, 3.8) is 0 Å². The fourth-order valence-corrected chi connectivity index (χ4v) is 1.57. The molecule has 0 saturated carbocycles. The Bertz CT molecular complexity index is 500. The summed E-state index contributed by atoms with van der Waals surface area (Å²) in [7, 11) is 0. The topological polar surface area (TPSA) is 86.5 Å². The van der Waals surface area contributed by atoms with Crippen LogP contribution in [0.2, 0.25) is 5.02 Å². The van der Waals surface area contributed by atoms with Gasteiger partial charge in [-0.3, -0.25) is 14.9 Å². The minimum Gasteiger partial charge on any atom is -0.460 e. The van der Waals surface area contributed by atoms with Gasteiger partial charge in [-0.1, -0.05) is 17.7 Å². The van der Waals surface area contributed by atoms with Crippen LogP contribution in [-0.4, -0.2) is 23.3 Å². The second kappa shape index (κ2) is 6.11. The number of hydrogen-bond acceptors (Lipinski definition) is 5. The molecule has 0 amide bonds. The zero-order chi connectivity index (χ0) is 13.7. The molecule has 1 rings (SSSR count). The second-order valence-corrected chi connectivity index (χ2v) is 3.72. The smallest absolute Gasteiger partial charge is 0.374 e. The molecule has 0 fully saturated rings. The summed E-state index contributed by atoms with van der Waals surface area (Å²) in [5.74, 6) is -1.89. The first-order valence-corrected chi connectivity index (χ1v) is 5.46. The van der Waals surface area contributed by atoms with E-state index in [0.717, 1.165) is 0 Å². The molecule has 0 aliphatic heterocycles. The van der Waals surface area contributed by atoms with Gasteiger partial charge in [-0.15, -0.1) is 0 Å². The van der Waals surface area contributed by atoms with Crippen LogP contribution in [0.15, 0.2) is 18.2 Å². The molecule has 0 radical (unpaired) electrons. The predicted molar refractivity (Wildman–Crippen MR) is 63.5 cm³/mol. The Morgan fingerprint density at radius 1 is 1.44 bits per heavy atom. The van der Waals surface area contributed by atoms with Gasteiger partial charge in [-0.25, -0.2) is 4.79 Å². The van der Waals surface area contributed by atoms with Gasteiger partial charge in [0.1, 0.15) is 0 Å². The molecule has 7 heteroatoms. The van der Waals surface area contributed by atoms with Gasteiger partial charge < -0.3 is 4.74 Å². The minimum atomic E-state index is -1.02. The van der Waals surface area contributed by atoms with Crippen LogP contribution in [0.4, 0.5) is 5.69 Å². The highest BCUT2D eigenvalue weighted by Crippen LogP contribution is 2.26. The number of ether oxygens (including phenoxy) is 1. The third-order valence-corrected chi connectivity index (χ3v) is 2.49. The summed E-state index contributed by atoms with van der Waals surface area (Å²) in [6.07, 6.45) is -0.450. The summed E-state index contributed by atoms with van der Waals surface area (Å²) < 4.78 is 4.51. The third kappa shape index (κ3) is 3.27. The Morgan fingerprint density at radius 2 is 2.11 bits per heavy atom. The number of halogens is 1. The number of carbonyl (C=O) groups excluding carboxylic acids is 2. The van der Waals surface area contributed by atoms with Gasteiger partial charge in [0.2, 0.25) is 5.78 Å². The molecule has 0 aliphatic carbocycles. The molecule has 6 nitrogen and oxygen atoms in total. The number of Topliss-reactive ketones (excluding diaryl/α,β-unsaturated/α-hetero) is 1. The first kappa shape index (κ1) is 14.1. The van der Waals surface area contributed by atoms with E-state index < -0.39 is 23.1 Å². The number of rotatable bonds is 5. The summed E-state index contributed by atoms with van der Waals surface area (Å²) >= 11 is 5.79. The van der Waals surface area contributed by atoms with Crippen LogP contribution in [0.3, 0.4) is 0 Å². The molecule has 18 heavy (non-hydrogen) atoms. The van der Waals surface area contributed by atoms with Crippen LogP contribution in [-0.2, 0) is 20.7 Å². The van der Waals surface area contributed by atoms with Gasteiger partial charge in [0, 0.05) is 6.07 Å². The van der Waals surface area contributed by atoms with Crippen molar-refractivity contribution in [2.24, 2.45) is 0 Å². The van der Waals surface area contributed by atoms with E-state index in [1.54, 1.807) is 6.92 Å². The number of esters is 1. The van der Waals surface area contributed by atoms with Crippen molar-refractivity contribution in [3.8, 4) is 0 Å². The minimum absolute atomic E-state index is 0.0159. The molecule has 0 unspecified atom stereocenters. The molecular weight excluding hydrogens is 262 g/mol. The zero-order valence-electron chi connectivity index (χ0n) is 9.51. The molecule has 1 aromatic carbocycles. The Balaban J connectivity index is 3.00. The van der Waals surface area contributed by atoms with Crippen LogP contribution < -0.4 is 0 Å². The van der Waals surface area contributed by atoms with Gasteiger partial charge in [-0.2, -0.15) is 0 Å². The highest BCUT2D eigenvalue weighted by atomic mass is 35.5. The molecule has 0 saturated heterocycles. The maximum absolute atomic E-state index is 11.5. The highest BCUT2D eigenvalue weighted by Gasteiger charge is 2.23. The van der Waals surface area contributed by atoms with Crippen LogP contribution >= 0.6 is 11.6 Å². The van der Waals surface area contributed by atoms with Crippen LogP contribution in [0.25, 0.3) is 0 Å². The van der Waals surface area contributed by atoms with Gasteiger partial charge in [-0.05, 0) is 13.0 Å². The lowest BCUT2D eigenvalue weighted by Gasteiger charge is -2.04. The van der Waals surface area contributed by atoms with E-state index in [9.17, 15) is 19.7 Å². The lowest BCUT2D eigenvalue weighted by atomic mass is 10.1. The van der Waals surface area contributed by atoms with Crippen LogP contribution in [0, 0.1) is 10.1 Å². The maximum atomic E-state index is 11.5. The van der Waals surface area contributed by atoms with Gasteiger partial charge in [0.15, 0.2) is 0 Å². The number of nitro benzene ring substituents is 1. The molecular formula is C11H10ClNO5. The maximum Gasteiger partial charge on any atom is 0.374 e. The summed E-state index contributed by atoms with van der Waals surface area (Å²) in [5, 5.41) is 10.8. The Labute approximate surface area is 108 Å². The van der Waals surface area contributed by atoms with Gasteiger partial charge in [0.05, 0.1) is 28.5 Å². The van der Waals surface area contributed by atoms with E-state index >= 15 is 0 Å². The Hall–Kier alpha value is -1.95. The normalized spacial score (nSPS) is 9.89. The van der Waals surface area contributed by atoms with Crippen LogP contribution in [0.1, 0.15) is 12.5 Å². The zero-order valence-corrected chi connectivity index (χ0v) is 10.3. The third-order valence-electron chi connectivity index (χ3n) is 2.13. The van der Waals surface area contributed by atoms with E-state index in [2.05, 4.69) is 4.74 Å². The fraction of sp³-hybridized carbons (Fsp3) is 0.273. The summed E-state index contributed by atoms with van der Waals surface area (Å²) in [5.41, 5.74) is -0.276. The molecule has 0 aromatic heterocycles. The van der Waals surface area contributed by atoms with Crippen molar-refractivity contribution < 1.29 is 19.2 Å². The highest BCUT2D eigenvalue weighted by molar-refractivity contribution is 6.36. The largest absolute Gasteiger partial charge is 0.460 e. The predicted octanol–water partition coefficient (Wildman–Crippen LogP) is 1.92. The Morgan fingerprint density at radius 3 is 2.67 bits per heavy atom. The first-order chi connectivity index (χ1) is 8.47. The molecule has 0 aliphatic rings. The number of nitrogens with zero attached hydrogens (tertiary/aromatic N) is 1. The second-order valence-electron chi connectivity index (χ2n) is 3.32. The quantitative estimate of drug-likeness (QED) is 0.353. The average Bonchev–Trinajstić information content (AvgIpc) is 2.31. The molecule has 1 aromatic rings. The van der Waals surface area contributed by atoms with Crippen molar-refractivity contribution in [3.05, 3.63) is 38.9 Å². The van der Waals surface area contributed by atoms with Crippen LogP contribution in [0.5, 0.6) is 0 Å². The van der Waals surface area contributed by atoms with E-state index in [-0.39, 0.29) is 22.9 Å². The van der Waals surface area contributed by atoms with E-state index in [1.807, 2.05) is 0 Å². The van der Waals surface area contributed by atoms with Crippen molar-refractivity contribution in [1.29, 1.82) is 0 Å². The number of hydrogen-bond donors (Lipinski definition) is 0. The molecule has 0 N–H and O–H groups in total. The average molecular weight is 272 g/mol. The Kier molecular flexibility index (Phi) is 4.79. The first-order valence-electron chi connectivity index (χ1n) is 5.09.